The summed E-state index contributed by atoms with van der Waals surface area (Å²) in [4.78, 5) is 33.5. The summed E-state index contributed by atoms with van der Waals surface area (Å²) >= 11 is 2.56. The Kier molecular flexibility index (Phi) is 9.69. The number of anilines is 1. The van der Waals surface area contributed by atoms with Crippen LogP contribution in [-0.2, 0) is 15.3 Å². The van der Waals surface area contributed by atoms with E-state index in [9.17, 15) is 19.1 Å². The Hall–Kier alpha value is -4.55. The number of amides is 1. The molecule has 0 radical (unpaired) electrons. The number of aliphatic hydroxyl groups is 1. The van der Waals surface area contributed by atoms with Crippen LogP contribution in [0.1, 0.15) is 66.7 Å². The first-order valence-corrected chi connectivity index (χ1v) is 17.3. The van der Waals surface area contributed by atoms with E-state index in [1.807, 2.05) is 36.6 Å². The lowest BCUT2D eigenvalue weighted by Crippen LogP contribution is -2.29. The highest BCUT2D eigenvalue weighted by atomic mass is 32.2. The highest BCUT2D eigenvalue weighted by molar-refractivity contribution is 8.00. The number of halogens is 1. The molecule has 0 saturated carbocycles. The third-order valence-corrected chi connectivity index (χ3v) is 10.2. The molecule has 9 nitrogen and oxygen atoms in total. The van der Waals surface area contributed by atoms with E-state index in [-0.39, 0.29) is 28.0 Å². The molecule has 0 spiro atoms. The molecular formula is C35H34FN5O4S2. The molecule has 1 saturated heterocycles. The molecule has 1 aliphatic rings. The van der Waals surface area contributed by atoms with Crippen LogP contribution in [-0.4, -0.2) is 43.0 Å². The lowest BCUT2D eigenvalue weighted by Gasteiger charge is -2.22. The molecule has 12 heteroatoms. The van der Waals surface area contributed by atoms with E-state index in [2.05, 4.69) is 22.1 Å². The lowest BCUT2D eigenvalue weighted by molar-refractivity contribution is -0.132. The second-order valence-corrected chi connectivity index (χ2v) is 13.5. The summed E-state index contributed by atoms with van der Waals surface area (Å²) in [6, 6.07) is 16.2. The van der Waals surface area contributed by atoms with Crippen LogP contribution >= 0.6 is 23.1 Å². The van der Waals surface area contributed by atoms with Crippen molar-refractivity contribution in [2.24, 2.45) is 0 Å². The molecule has 1 amide bonds. The van der Waals surface area contributed by atoms with Crippen molar-refractivity contribution in [2.45, 2.75) is 62.6 Å². The van der Waals surface area contributed by atoms with Crippen LogP contribution in [0.5, 0.6) is 5.75 Å². The summed E-state index contributed by atoms with van der Waals surface area (Å²) < 4.78 is 21.7. The number of carbonyl (C=O) groups is 2. The Balaban J connectivity index is 1.37. The van der Waals surface area contributed by atoms with Gasteiger partial charge in [0.15, 0.2) is 10.1 Å². The van der Waals surface area contributed by atoms with E-state index < -0.39 is 17.7 Å². The van der Waals surface area contributed by atoms with E-state index >= 15 is 0 Å². The van der Waals surface area contributed by atoms with E-state index in [1.54, 1.807) is 36.4 Å². The molecule has 2 aromatic carbocycles. The van der Waals surface area contributed by atoms with E-state index in [0.717, 1.165) is 36.8 Å². The predicted octanol–water partition coefficient (Wildman–Crippen LogP) is 7.82. The van der Waals surface area contributed by atoms with Crippen molar-refractivity contribution in [2.75, 3.05) is 11.5 Å². The minimum atomic E-state index is -0.984. The summed E-state index contributed by atoms with van der Waals surface area (Å²) in [5.74, 6) is -1.14. The highest BCUT2D eigenvalue weighted by Crippen LogP contribution is 2.44. The van der Waals surface area contributed by atoms with Crippen LogP contribution in [0.3, 0.4) is 0 Å². The minimum Gasteiger partial charge on any atom is -0.505 e. The number of pyridine rings is 1. The fourth-order valence-electron chi connectivity index (χ4n) is 5.57. The van der Waals surface area contributed by atoms with Crippen LogP contribution in [0.15, 0.2) is 76.8 Å². The van der Waals surface area contributed by atoms with Crippen molar-refractivity contribution in [3.05, 3.63) is 106 Å². The van der Waals surface area contributed by atoms with Crippen molar-refractivity contribution < 1.29 is 23.8 Å². The Bertz CT molecular complexity index is 1950. The number of aliphatic hydroxyl groups excluding tert-OH is 1. The van der Waals surface area contributed by atoms with Gasteiger partial charge in [-0.1, -0.05) is 79.6 Å². The van der Waals surface area contributed by atoms with Crippen LogP contribution in [0, 0.1) is 19.7 Å². The molecule has 0 bridgehead atoms. The number of ether oxygens (including phenoxy) is 1. The largest absolute Gasteiger partial charge is 0.505 e. The average molecular weight is 672 g/mol. The van der Waals surface area contributed by atoms with Crippen LogP contribution < -0.4 is 9.64 Å². The number of hydrogen-bond acceptors (Lipinski definition) is 9. The Labute approximate surface area is 280 Å². The molecule has 0 aliphatic carbocycles. The summed E-state index contributed by atoms with van der Waals surface area (Å²) in [6.45, 7) is 6.48. The zero-order chi connectivity index (χ0) is 33.1. The van der Waals surface area contributed by atoms with Gasteiger partial charge in [0.05, 0.1) is 23.9 Å². The summed E-state index contributed by atoms with van der Waals surface area (Å²) in [5, 5.41) is 20.5. The molecule has 242 valence electrons. The van der Waals surface area contributed by atoms with Crippen molar-refractivity contribution in [3.8, 4) is 5.75 Å². The molecule has 1 fully saturated rings. The van der Waals surface area contributed by atoms with Gasteiger partial charge in [0.1, 0.15) is 22.9 Å². The summed E-state index contributed by atoms with van der Waals surface area (Å²) in [6.07, 6.45) is 6.18. The van der Waals surface area contributed by atoms with Crippen molar-refractivity contribution in [1.29, 1.82) is 0 Å². The van der Waals surface area contributed by atoms with E-state index in [4.69, 9.17) is 4.74 Å². The van der Waals surface area contributed by atoms with Gasteiger partial charge in [0, 0.05) is 11.9 Å². The molecule has 1 unspecified atom stereocenters. The van der Waals surface area contributed by atoms with Gasteiger partial charge < -0.3 is 14.2 Å². The van der Waals surface area contributed by atoms with Gasteiger partial charge in [-0.25, -0.2) is 9.37 Å². The van der Waals surface area contributed by atoms with Crippen molar-refractivity contribution in [3.63, 3.8) is 0 Å². The first-order chi connectivity index (χ1) is 22.8. The van der Waals surface area contributed by atoms with Crippen LogP contribution in [0.4, 0.5) is 9.52 Å². The van der Waals surface area contributed by atoms with Gasteiger partial charge in [0.2, 0.25) is 5.13 Å². The number of rotatable bonds is 12. The minimum absolute atomic E-state index is 0.0805. The lowest BCUT2D eigenvalue weighted by atomic mass is 9.96. The standard InChI is InChI=1S/C35H34FN5O4S2/c1-4-5-6-7-19-45-26-16-12-24(13-17-26)29-27(30(42)28-22(3)40-18-8-9-21(2)32(40)37-28)31(43)33(44)41(29)34-38-39-35(47-34)46-20-23-10-14-25(36)15-11-23/h8-18,29,42H,4-7,19-20H2,1-3H3. The van der Waals surface area contributed by atoms with Gasteiger partial charge >= 0.3 is 5.91 Å². The summed E-state index contributed by atoms with van der Waals surface area (Å²) in [7, 11) is 0. The molecule has 1 aliphatic heterocycles. The van der Waals surface area contributed by atoms with E-state index in [0.29, 0.717) is 39.4 Å². The van der Waals surface area contributed by atoms with Crippen LogP contribution in [0.2, 0.25) is 0 Å². The number of thioether (sulfide) groups is 1. The maximum atomic E-state index is 13.8. The molecule has 4 heterocycles. The number of aryl methyl sites for hydroxylation is 2. The van der Waals surface area contributed by atoms with Gasteiger partial charge in [-0.2, -0.15) is 0 Å². The third-order valence-electron chi connectivity index (χ3n) is 8.09. The monoisotopic (exact) mass is 671 g/mol. The highest BCUT2D eigenvalue weighted by Gasteiger charge is 2.49. The molecule has 1 atom stereocenters. The van der Waals surface area contributed by atoms with Gasteiger partial charge in [-0.05, 0) is 67.3 Å². The predicted molar refractivity (Wildman–Crippen MR) is 181 cm³/mol. The fourth-order valence-corrected chi connectivity index (χ4v) is 7.39. The first-order valence-electron chi connectivity index (χ1n) is 15.5. The number of ketones is 1. The third kappa shape index (κ3) is 6.66. The second-order valence-electron chi connectivity index (χ2n) is 11.3. The molecule has 3 aromatic heterocycles. The number of nitrogens with zero attached hydrogens (tertiary/aromatic N) is 5. The van der Waals surface area contributed by atoms with Crippen molar-refractivity contribution >= 4 is 51.3 Å². The number of Topliss-reactive ketones (excluding diaryl/α,β-unsaturated/α-hetero) is 1. The van der Waals surface area contributed by atoms with Crippen molar-refractivity contribution in [1.82, 2.24) is 19.6 Å². The molecular weight excluding hydrogens is 638 g/mol. The number of benzene rings is 2. The van der Waals surface area contributed by atoms with Crippen LogP contribution in [0.25, 0.3) is 11.4 Å². The average Bonchev–Trinajstić information content (AvgIpc) is 3.75. The number of carbonyl (C=O) groups excluding carboxylic acids is 2. The Morgan fingerprint density at radius 2 is 1.79 bits per heavy atom. The number of hydrogen-bond donors (Lipinski definition) is 1. The maximum absolute atomic E-state index is 13.8. The molecule has 47 heavy (non-hydrogen) atoms. The number of aromatic nitrogens is 4. The maximum Gasteiger partial charge on any atom is 0.301 e. The smallest absolute Gasteiger partial charge is 0.301 e. The second kappa shape index (κ2) is 14.1. The van der Waals surface area contributed by atoms with Gasteiger partial charge in [-0.3, -0.25) is 14.5 Å². The first kappa shape index (κ1) is 32.4. The number of fused-ring (bicyclic) bond motifs is 1. The summed E-state index contributed by atoms with van der Waals surface area (Å²) in [5.41, 5.74) is 3.82. The topological polar surface area (TPSA) is 110 Å². The molecule has 5 aromatic rings. The molecule has 6 rings (SSSR count). The Morgan fingerprint density at radius 1 is 1.02 bits per heavy atom. The quantitative estimate of drug-likeness (QED) is 0.0357. The normalized spacial score (nSPS) is 16.0. The van der Waals surface area contributed by atoms with Gasteiger partial charge in [0.25, 0.3) is 5.78 Å². The number of imidazole rings is 1. The fraction of sp³-hybridized carbons (Fsp3) is 0.286. The molecule has 1 N–H and O–H groups in total. The Morgan fingerprint density at radius 3 is 2.51 bits per heavy atom. The van der Waals surface area contributed by atoms with Gasteiger partial charge in [-0.15, -0.1) is 10.2 Å². The zero-order valence-electron chi connectivity index (χ0n) is 26.3. The van der Waals surface area contributed by atoms with E-state index in [1.165, 1.54) is 40.1 Å². The zero-order valence-corrected chi connectivity index (χ0v) is 27.9. The number of unbranched alkanes of at least 4 members (excludes halogenated alkanes) is 3. The SMILES string of the molecule is CCCCCCOc1ccc(C2C(=C(O)c3nc4c(C)cccn4c3C)C(=O)C(=O)N2c2nnc(SCc3ccc(F)cc3)s2)cc1.